The minimum Gasteiger partial charge on any atom is -0.459 e. The molecule has 1 atom stereocenters. The summed E-state index contributed by atoms with van der Waals surface area (Å²) < 4.78 is 31.8. The van der Waals surface area contributed by atoms with Gasteiger partial charge in [0.05, 0.1) is 6.26 Å². The number of piperidine rings is 1. The zero-order chi connectivity index (χ0) is 16.2. The smallest absolute Gasteiger partial charge is 0.289 e. The standard InChI is InChI=1S/C18H19F2NO2/c19-15-8-7-14(16(20)11-15)6-5-13-3-1-9-21(12-13)18(22)17-4-2-10-23-17/h2,4,7-8,10-11,13H,1,3,5-6,9,12H2/t13-/m0/s1. The molecule has 0 N–H and O–H groups in total. The Labute approximate surface area is 133 Å². The van der Waals surface area contributed by atoms with Crippen LogP contribution in [0.3, 0.4) is 0 Å². The summed E-state index contributed by atoms with van der Waals surface area (Å²) in [5.41, 5.74) is 0.529. The molecule has 122 valence electrons. The third-order valence-electron chi connectivity index (χ3n) is 4.38. The third-order valence-corrected chi connectivity index (χ3v) is 4.38. The molecule has 1 aliphatic rings. The van der Waals surface area contributed by atoms with Crippen LogP contribution in [-0.4, -0.2) is 23.9 Å². The maximum absolute atomic E-state index is 13.7. The van der Waals surface area contributed by atoms with Crippen molar-refractivity contribution >= 4 is 5.91 Å². The highest BCUT2D eigenvalue weighted by atomic mass is 19.1. The summed E-state index contributed by atoms with van der Waals surface area (Å²) in [6, 6.07) is 7.07. The van der Waals surface area contributed by atoms with Crippen molar-refractivity contribution in [2.45, 2.75) is 25.7 Å². The van der Waals surface area contributed by atoms with Gasteiger partial charge in [0.25, 0.3) is 5.91 Å². The van der Waals surface area contributed by atoms with E-state index >= 15 is 0 Å². The Morgan fingerprint density at radius 3 is 2.91 bits per heavy atom. The molecule has 0 radical (unpaired) electrons. The Balaban J connectivity index is 1.57. The van der Waals surface area contributed by atoms with E-state index in [2.05, 4.69) is 0 Å². The minimum absolute atomic E-state index is 0.0901. The van der Waals surface area contributed by atoms with Gasteiger partial charge in [0, 0.05) is 19.2 Å². The zero-order valence-electron chi connectivity index (χ0n) is 12.8. The predicted molar refractivity (Wildman–Crippen MR) is 82.0 cm³/mol. The second-order valence-electron chi connectivity index (χ2n) is 6.01. The lowest BCUT2D eigenvalue weighted by atomic mass is 9.91. The average molecular weight is 319 g/mol. The first-order valence-electron chi connectivity index (χ1n) is 7.90. The number of rotatable bonds is 4. The molecular formula is C18H19F2NO2. The number of nitrogens with zero attached hydrogens (tertiary/aromatic N) is 1. The predicted octanol–water partition coefficient (Wildman–Crippen LogP) is 4.04. The molecule has 1 amide bonds. The second-order valence-corrected chi connectivity index (χ2v) is 6.01. The third kappa shape index (κ3) is 3.78. The largest absolute Gasteiger partial charge is 0.459 e. The molecular weight excluding hydrogens is 300 g/mol. The Hall–Kier alpha value is -2.17. The maximum Gasteiger partial charge on any atom is 0.289 e. The van der Waals surface area contributed by atoms with Gasteiger partial charge in [-0.15, -0.1) is 0 Å². The van der Waals surface area contributed by atoms with Crippen LogP contribution in [0.25, 0.3) is 0 Å². The van der Waals surface area contributed by atoms with E-state index in [0.29, 0.717) is 30.2 Å². The van der Waals surface area contributed by atoms with Crippen molar-refractivity contribution < 1.29 is 18.0 Å². The molecule has 2 aromatic rings. The molecule has 1 fully saturated rings. The Bertz CT molecular complexity index is 670. The molecule has 0 unspecified atom stereocenters. The number of furan rings is 1. The molecule has 1 saturated heterocycles. The fourth-order valence-electron chi connectivity index (χ4n) is 3.13. The molecule has 3 rings (SSSR count). The topological polar surface area (TPSA) is 33.5 Å². The van der Waals surface area contributed by atoms with Crippen LogP contribution in [0.15, 0.2) is 41.0 Å². The highest BCUT2D eigenvalue weighted by Gasteiger charge is 2.25. The van der Waals surface area contributed by atoms with E-state index in [1.165, 1.54) is 18.4 Å². The highest BCUT2D eigenvalue weighted by Crippen LogP contribution is 2.24. The summed E-state index contributed by atoms with van der Waals surface area (Å²) in [5.74, 6) is -0.460. The molecule has 0 spiro atoms. The van der Waals surface area contributed by atoms with E-state index in [1.807, 2.05) is 0 Å². The Morgan fingerprint density at radius 1 is 1.30 bits per heavy atom. The Morgan fingerprint density at radius 2 is 2.17 bits per heavy atom. The van der Waals surface area contributed by atoms with Gasteiger partial charge in [-0.2, -0.15) is 0 Å². The molecule has 1 aromatic carbocycles. The van der Waals surface area contributed by atoms with Gasteiger partial charge in [-0.25, -0.2) is 8.78 Å². The van der Waals surface area contributed by atoms with E-state index in [1.54, 1.807) is 17.0 Å². The van der Waals surface area contributed by atoms with Gasteiger partial charge < -0.3 is 9.32 Å². The number of hydrogen-bond donors (Lipinski definition) is 0. The van der Waals surface area contributed by atoms with Crippen molar-refractivity contribution in [1.82, 2.24) is 4.90 Å². The van der Waals surface area contributed by atoms with E-state index in [0.717, 1.165) is 31.9 Å². The molecule has 23 heavy (non-hydrogen) atoms. The quantitative estimate of drug-likeness (QED) is 0.852. The normalized spacial score (nSPS) is 18.2. The number of halogens is 2. The lowest BCUT2D eigenvalue weighted by Gasteiger charge is -2.32. The van der Waals surface area contributed by atoms with Gasteiger partial charge >= 0.3 is 0 Å². The molecule has 0 bridgehead atoms. The summed E-state index contributed by atoms with van der Waals surface area (Å²) in [5, 5.41) is 0. The van der Waals surface area contributed by atoms with E-state index in [4.69, 9.17) is 4.42 Å². The second kappa shape index (κ2) is 6.94. The first-order chi connectivity index (χ1) is 11.1. The van der Waals surface area contributed by atoms with Gasteiger partial charge in [-0.05, 0) is 55.4 Å². The monoisotopic (exact) mass is 319 g/mol. The SMILES string of the molecule is O=C(c1ccco1)N1CCC[C@@H](CCc2ccc(F)cc2F)C1. The van der Waals surface area contributed by atoms with Crippen LogP contribution in [0.5, 0.6) is 0 Å². The molecule has 5 heteroatoms. The van der Waals surface area contributed by atoms with Crippen molar-refractivity contribution in [2.24, 2.45) is 5.92 Å². The number of amides is 1. The van der Waals surface area contributed by atoms with Gasteiger partial charge in [-0.3, -0.25) is 4.79 Å². The fourth-order valence-corrected chi connectivity index (χ4v) is 3.13. The lowest BCUT2D eigenvalue weighted by Crippen LogP contribution is -2.39. The number of carbonyl (C=O) groups is 1. The van der Waals surface area contributed by atoms with Crippen molar-refractivity contribution in [3.8, 4) is 0 Å². The van der Waals surface area contributed by atoms with Gasteiger partial charge in [0.15, 0.2) is 5.76 Å². The van der Waals surface area contributed by atoms with Gasteiger partial charge in [-0.1, -0.05) is 6.07 Å². The van der Waals surface area contributed by atoms with Crippen molar-refractivity contribution in [3.63, 3.8) is 0 Å². The minimum atomic E-state index is -0.556. The van der Waals surface area contributed by atoms with Crippen molar-refractivity contribution in [3.05, 3.63) is 59.6 Å². The molecule has 0 saturated carbocycles. The number of carbonyl (C=O) groups excluding carboxylic acids is 1. The molecule has 0 aliphatic carbocycles. The first-order valence-corrected chi connectivity index (χ1v) is 7.90. The molecule has 2 heterocycles. The summed E-state index contributed by atoms with van der Waals surface area (Å²) in [6.07, 6.45) is 4.78. The fraction of sp³-hybridized carbons (Fsp3) is 0.389. The number of benzene rings is 1. The van der Waals surface area contributed by atoms with Crippen LogP contribution in [0.4, 0.5) is 8.78 Å². The van der Waals surface area contributed by atoms with Crippen LogP contribution in [0, 0.1) is 17.6 Å². The van der Waals surface area contributed by atoms with Crippen LogP contribution >= 0.6 is 0 Å². The molecule has 3 nitrogen and oxygen atoms in total. The summed E-state index contributed by atoms with van der Waals surface area (Å²) in [4.78, 5) is 14.1. The summed E-state index contributed by atoms with van der Waals surface area (Å²) in [6.45, 7) is 1.38. The van der Waals surface area contributed by atoms with Crippen LogP contribution in [0.2, 0.25) is 0 Å². The first kappa shape index (κ1) is 15.7. The number of likely N-dealkylation sites (tertiary alicyclic amines) is 1. The lowest BCUT2D eigenvalue weighted by molar-refractivity contribution is 0.0636. The van der Waals surface area contributed by atoms with Crippen LogP contribution in [0.1, 0.15) is 35.4 Å². The molecule has 1 aromatic heterocycles. The molecule has 1 aliphatic heterocycles. The average Bonchev–Trinajstić information content (AvgIpc) is 3.08. The van der Waals surface area contributed by atoms with E-state index in [-0.39, 0.29) is 5.91 Å². The van der Waals surface area contributed by atoms with E-state index in [9.17, 15) is 13.6 Å². The summed E-state index contributed by atoms with van der Waals surface area (Å²) in [7, 11) is 0. The van der Waals surface area contributed by atoms with Gasteiger partial charge in [0.2, 0.25) is 0 Å². The van der Waals surface area contributed by atoms with Gasteiger partial charge in [0.1, 0.15) is 11.6 Å². The Kier molecular flexibility index (Phi) is 4.74. The zero-order valence-corrected chi connectivity index (χ0v) is 12.8. The van der Waals surface area contributed by atoms with Crippen LogP contribution < -0.4 is 0 Å². The highest BCUT2D eigenvalue weighted by molar-refractivity contribution is 5.91. The van der Waals surface area contributed by atoms with Crippen molar-refractivity contribution in [2.75, 3.05) is 13.1 Å². The number of aryl methyl sites for hydroxylation is 1. The number of hydrogen-bond acceptors (Lipinski definition) is 2. The maximum atomic E-state index is 13.7. The van der Waals surface area contributed by atoms with E-state index < -0.39 is 11.6 Å². The van der Waals surface area contributed by atoms with Crippen LogP contribution in [-0.2, 0) is 6.42 Å². The van der Waals surface area contributed by atoms with Crippen molar-refractivity contribution in [1.29, 1.82) is 0 Å². The summed E-state index contributed by atoms with van der Waals surface area (Å²) >= 11 is 0.